The first-order chi connectivity index (χ1) is 12.0. The average molecular weight is 396 g/mol. The Balaban J connectivity index is 5.03. The molecule has 0 aliphatic heterocycles. The summed E-state index contributed by atoms with van der Waals surface area (Å²) in [7, 11) is -0.568. The van der Waals surface area contributed by atoms with Gasteiger partial charge in [0.15, 0.2) is 0 Å². The summed E-state index contributed by atoms with van der Waals surface area (Å²) < 4.78 is 32.3. The van der Waals surface area contributed by atoms with E-state index in [0.29, 0.717) is 6.42 Å². The topological polar surface area (TPSA) is 108 Å². The maximum Gasteiger partial charge on any atom is 0.332 e. The molecule has 1 N–H and O–H groups in total. The molecule has 0 heterocycles. The normalized spacial score (nSPS) is 14.7. The molecule has 9 heteroatoms. The lowest BCUT2D eigenvalue weighted by Gasteiger charge is -2.36. The molecule has 0 aromatic rings. The van der Waals surface area contributed by atoms with Crippen molar-refractivity contribution in [3.63, 3.8) is 0 Å². The molecule has 0 bridgehead atoms. The van der Waals surface area contributed by atoms with Gasteiger partial charge in [0, 0.05) is 14.2 Å². The number of rotatable bonds is 14. The molecule has 0 fully saturated rings. The Kier molecular flexibility index (Phi) is 10.8. The summed E-state index contributed by atoms with van der Waals surface area (Å²) in [5.41, 5.74) is -1.79. The number of ether oxygens (including phenoxy) is 2. The third kappa shape index (κ3) is 7.45. The van der Waals surface area contributed by atoms with E-state index in [9.17, 15) is 14.2 Å². The van der Waals surface area contributed by atoms with Crippen LogP contribution in [0.1, 0.15) is 40.5 Å². The standard InChI is InChI=1S/C17H33O8P/c1-7-17(14(2)19,12-16(3,4)15(20)25-9-8-18)13-24-10-11-26(21,22-5)23-6/h18H,7-13H2,1-6H3. The number of carbonyl (C=O) groups is 2. The van der Waals surface area contributed by atoms with Gasteiger partial charge in [0.2, 0.25) is 0 Å². The smallest absolute Gasteiger partial charge is 0.332 e. The van der Waals surface area contributed by atoms with Gasteiger partial charge >= 0.3 is 13.6 Å². The first kappa shape index (κ1) is 25.2. The van der Waals surface area contributed by atoms with Gasteiger partial charge < -0.3 is 23.6 Å². The molecule has 0 aromatic heterocycles. The van der Waals surface area contributed by atoms with E-state index in [1.807, 2.05) is 6.92 Å². The number of aliphatic hydroxyl groups is 1. The van der Waals surface area contributed by atoms with E-state index in [0.717, 1.165) is 0 Å². The van der Waals surface area contributed by atoms with E-state index < -0.39 is 24.4 Å². The number of carbonyl (C=O) groups excluding carboxylic acids is 2. The molecule has 1 unspecified atom stereocenters. The molecule has 26 heavy (non-hydrogen) atoms. The Morgan fingerprint density at radius 3 is 2.12 bits per heavy atom. The molecule has 0 saturated heterocycles. The summed E-state index contributed by atoms with van der Waals surface area (Å²) in [6.45, 7) is 6.57. The zero-order valence-corrected chi connectivity index (χ0v) is 17.6. The summed E-state index contributed by atoms with van der Waals surface area (Å²) in [5.74, 6) is -0.571. The van der Waals surface area contributed by atoms with E-state index in [4.69, 9.17) is 23.6 Å². The number of esters is 1. The van der Waals surface area contributed by atoms with E-state index in [1.165, 1.54) is 21.1 Å². The van der Waals surface area contributed by atoms with E-state index >= 15 is 0 Å². The van der Waals surface area contributed by atoms with Gasteiger partial charge in [-0.3, -0.25) is 14.2 Å². The van der Waals surface area contributed by atoms with Crippen molar-refractivity contribution in [3.05, 3.63) is 0 Å². The fraction of sp³-hybridized carbons (Fsp3) is 0.882. The molecule has 0 amide bonds. The second-order valence-corrected chi connectivity index (χ2v) is 9.26. The quantitative estimate of drug-likeness (QED) is 0.271. The van der Waals surface area contributed by atoms with E-state index in [1.54, 1.807) is 13.8 Å². The Hall–Kier alpha value is -0.790. The SMILES string of the molecule is CCC(COCCP(=O)(OC)OC)(CC(C)(C)C(=O)OCCO)C(C)=O. The van der Waals surface area contributed by atoms with Crippen LogP contribution in [0.4, 0.5) is 0 Å². The monoisotopic (exact) mass is 396 g/mol. The molecule has 0 aliphatic rings. The van der Waals surface area contributed by atoms with Gasteiger partial charge in [0.25, 0.3) is 0 Å². The first-order valence-electron chi connectivity index (χ1n) is 8.60. The van der Waals surface area contributed by atoms with Crippen molar-refractivity contribution in [1.29, 1.82) is 0 Å². The molecular weight excluding hydrogens is 363 g/mol. The molecule has 0 saturated carbocycles. The highest BCUT2D eigenvalue weighted by Crippen LogP contribution is 2.46. The zero-order valence-electron chi connectivity index (χ0n) is 16.7. The van der Waals surface area contributed by atoms with E-state index in [-0.39, 0.29) is 44.8 Å². The van der Waals surface area contributed by atoms with Crippen LogP contribution in [-0.2, 0) is 32.7 Å². The number of hydrogen-bond donors (Lipinski definition) is 1. The van der Waals surface area contributed by atoms with Gasteiger partial charge in [-0.2, -0.15) is 0 Å². The van der Waals surface area contributed by atoms with Crippen LogP contribution in [0.2, 0.25) is 0 Å². The number of hydrogen-bond acceptors (Lipinski definition) is 8. The van der Waals surface area contributed by atoms with Crippen LogP contribution >= 0.6 is 7.60 Å². The van der Waals surface area contributed by atoms with Gasteiger partial charge in [-0.1, -0.05) is 6.92 Å². The number of Topliss-reactive ketones (excluding diaryl/α,β-unsaturated/α-hetero) is 1. The molecule has 0 aromatic carbocycles. The number of ketones is 1. The summed E-state index contributed by atoms with van der Waals surface area (Å²) >= 11 is 0. The average Bonchev–Trinajstić information content (AvgIpc) is 2.61. The van der Waals surface area contributed by atoms with E-state index in [2.05, 4.69) is 0 Å². The third-order valence-corrected chi connectivity index (χ3v) is 6.37. The van der Waals surface area contributed by atoms with Crippen molar-refractivity contribution in [3.8, 4) is 0 Å². The van der Waals surface area contributed by atoms with Crippen molar-refractivity contribution >= 4 is 19.3 Å². The van der Waals surface area contributed by atoms with Gasteiger partial charge in [0.1, 0.15) is 12.4 Å². The Bertz CT molecular complexity index is 497. The van der Waals surface area contributed by atoms with Crippen LogP contribution in [0.25, 0.3) is 0 Å². The van der Waals surface area contributed by atoms with Crippen LogP contribution in [0.15, 0.2) is 0 Å². The van der Waals surface area contributed by atoms with Crippen LogP contribution in [0.3, 0.4) is 0 Å². The second-order valence-electron chi connectivity index (χ2n) is 6.86. The minimum Gasteiger partial charge on any atom is -0.463 e. The second kappa shape index (κ2) is 11.1. The van der Waals surface area contributed by atoms with Crippen molar-refractivity contribution < 1.29 is 37.8 Å². The lowest BCUT2D eigenvalue weighted by molar-refractivity contribution is -0.158. The highest BCUT2D eigenvalue weighted by Gasteiger charge is 2.43. The zero-order chi connectivity index (χ0) is 20.4. The molecule has 154 valence electrons. The van der Waals surface area contributed by atoms with Crippen LogP contribution < -0.4 is 0 Å². The molecule has 0 aliphatic carbocycles. The lowest BCUT2D eigenvalue weighted by atomic mass is 9.69. The Morgan fingerprint density at radius 2 is 1.69 bits per heavy atom. The predicted octanol–water partition coefficient (Wildman–Crippen LogP) is 2.43. The van der Waals surface area contributed by atoms with Crippen molar-refractivity contribution in [2.24, 2.45) is 10.8 Å². The molecule has 0 spiro atoms. The maximum atomic E-state index is 12.3. The molecule has 1 atom stereocenters. The van der Waals surface area contributed by atoms with Crippen molar-refractivity contribution in [1.82, 2.24) is 0 Å². The van der Waals surface area contributed by atoms with Gasteiger partial charge in [-0.05, 0) is 33.6 Å². The predicted molar refractivity (Wildman–Crippen MR) is 97.2 cm³/mol. The maximum absolute atomic E-state index is 12.3. The fourth-order valence-electron chi connectivity index (χ4n) is 2.71. The summed E-state index contributed by atoms with van der Waals surface area (Å²) in [6, 6.07) is 0. The van der Waals surface area contributed by atoms with Gasteiger partial charge in [-0.15, -0.1) is 0 Å². The summed E-state index contributed by atoms with van der Waals surface area (Å²) in [6.07, 6.45) is 0.785. The highest BCUT2D eigenvalue weighted by atomic mass is 31.2. The highest BCUT2D eigenvalue weighted by molar-refractivity contribution is 7.53. The van der Waals surface area contributed by atoms with Crippen molar-refractivity contribution in [2.45, 2.75) is 40.5 Å². The first-order valence-corrected chi connectivity index (χ1v) is 10.3. The van der Waals surface area contributed by atoms with Crippen LogP contribution in [0, 0.1) is 10.8 Å². The molecule has 8 nitrogen and oxygen atoms in total. The molecular formula is C17H33O8P. The molecule has 0 radical (unpaired) electrons. The van der Waals surface area contributed by atoms with Crippen LogP contribution in [0.5, 0.6) is 0 Å². The summed E-state index contributed by atoms with van der Waals surface area (Å²) in [4.78, 5) is 24.6. The number of aliphatic hydroxyl groups excluding tert-OH is 1. The molecule has 0 rings (SSSR count). The third-order valence-electron chi connectivity index (χ3n) is 4.53. The van der Waals surface area contributed by atoms with Gasteiger partial charge in [-0.25, -0.2) is 0 Å². The van der Waals surface area contributed by atoms with Crippen LogP contribution in [-0.4, -0.2) is 63.7 Å². The van der Waals surface area contributed by atoms with Crippen molar-refractivity contribution in [2.75, 3.05) is 46.8 Å². The largest absolute Gasteiger partial charge is 0.463 e. The van der Waals surface area contributed by atoms with Gasteiger partial charge in [0.05, 0.1) is 36.8 Å². The summed E-state index contributed by atoms with van der Waals surface area (Å²) in [5, 5.41) is 8.80. The Labute approximate surface area is 156 Å². The minimum atomic E-state index is -3.17. The Morgan fingerprint density at radius 1 is 1.12 bits per heavy atom. The minimum absolute atomic E-state index is 0.0691. The fourth-order valence-corrected chi connectivity index (χ4v) is 3.57. The lowest BCUT2D eigenvalue weighted by Crippen LogP contribution is -2.42.